The molecule has 2 rings (SSSR count). The second-order valence-electron chi connectivity index (χ2n) is 6.84. The number of benzene rings is 1. The molecule has 0 bridgehead atoms. The van der Waals surface area contributed by atoms with Gasteiger partial charge in [-0.3, -0.25) is 4.90 Å². The summed E-state index contributed by atoms with van der Waals surface area (Å²) in [5, 5.41) is 12.4. The molecule has 2 N–H and O–H groups in total. The Hall–Kier alpha value is -1.26. The quantitative estimate of drug-likeness (QED) is 0.281. The molecular formula is C21H37IN4O3. The van der Waals surface area contributed by atoms with Crippen LogP contribution in [0.25, 0.3) is 0 Å². The molecule has 1 aromatic carbocycles. The van der Waals surface area contributed by atoms with E-state index in [1.54, 1.807) is 7.11 Å². The van der Waals surface area contributed by atoms with Crippen LogP contribution in [0.3, 0.4) is 0 Å². The van der Waals surface area contributed by atoms with Gasteiger partial charge in [0.25, 0.3) is 0 Å². The molecule has 29 heavy (non-hydrogen) atoms. The largest absolute Gasteiger partial charge is 0.493 e. The Morgan fingerprint density at radius 1 is 1.28 bits per heavy atom. The Balaban J connectivity index is 0.00000420. The number of aliphatic imine (C=N–C) groups is 1. The molecule has 1 atom stereocenters. The van der Waals surface area contributed by atoms with E-state index in [1.165, 1.54) is 6.42 Å². The van der Waals surface area contributed by atoms with Crippen LogP contribution in [-0.4, -0.2) is 80.0 Å². The van der Waals surface area contributed by atoms with Crippen molar-refractivity contribution >= 4 is 29.9 Å². The Bertz CT molecular complexity index is 626. The summed E-state index contributed by atoms with van der Waals surface area (Å²) < 4.78 is 10.9. The highest BCUT2D eigenvalue weighted by Crippen LogP contribution is 2.28. The summed E-state index contributed by atoms with van der Waals surface area (Å²) in [6.45, 7) is 12.4. The van der Waals surface area contributed by atoms with Gasteiger partial charge in [-0.1, -0.05) is 19.9 Å². The molecule has 8 heteroatoms. The standard InChI is InChI=1S/C21H36N4O3.HI/c1-5-22-21(25-11-10-18(16-25)24(6-2)7-3)23-15-17-8-9-19(28-13-12-26)20(14-17)27-4;/h8-9,14,18,26H,5-7,10-13,15-16H2,1-4H3,(H,22,23);1H. The minimum atomic E-state index is -0.0223. The van der Waals surface area contributed by atoms with Gasteiger partial charge in [-0.25, -0.2) is 4.99 Å². The van der Waals surface area contributed by atoms with Gasteiger partial charge < -0.3 is 24.8 Å². The van der Waals surface area contributed by atoms with Crippen molar-refractivity contribution in [3.8, 4) is 11.5 Å². The maximum atomic E-state index is 8.93. The molecule has 1 aromatic rings. The number of guanidine groups is 1. The Kier molecular flexibility index (Phi) is 12.3. The predicted molar refractivity (Wildman–Crippen MR) is 129 cm³/mol. The molecule has 7 nitrogen and oxygen atoms in total. The smallest absolute Gasteiger partial charge is 0.194 e. The van der Waals surface area contributed by atoms with Crippen LogP contribution in [0, 0.1) is 0 Å². The van der Waals surface area contributed by atoms with E-state index < -0.39 is 0 Å². The average molecular weight is 520 g/mol. The van der Waals surface area contributed by atoms with Gasteiger partial charge in [0.05, 0.1) is 20.3 Å². The molecule has 0 aromatic heterocycles. The molecule has 1 unspecified atom stereocenters. The molecule has 1 heterocycles. The number of rotatable bonds is 10. The van der Waals surface area contributed by atoms with Crippen molar-refractivity contribution in [2.45, 2.75) is 39.8 Å². The number of ether oxygens (including phenoxy) is 2. The van der Waals surface area contributed by atoms with Gasteiger partial charge in [0, 0.05) is 25.7 Å². The van der Waals surface area contributed by atoms with Crippen molar-refractivity contribution < 1.29 is 14.6 Å². The molecular weight excluding hydrogens is 483 g/mol. The van der Waals surface area contributed by atoms with Crippen molar-refractivity contribution in [1.29, 1.82) is 0 Å². The van der Waals surface area contributed by atoms with E-state index in [9.17, 15) is 0 Å². The number of likely N-dealkylation sites (tertiary alicyclic amines) is 1. The van der Waals surface area contributed by atoms with Crippen LogP contribution in [-0.2, 0) is 6.54 Å². The minimum absolute atomic E-state index is 0. The fourth-order valence-electron chi connectivity index (χ4n) is 3.65. The first kappa shape index (κ1) is 25.8. The van der Waals surface area contributed by atoms with E-state index in [2.05, 4.69) is 35.9 Å². The lowest BCUT2D eigenvalue weighted by Gasteiger charge is -2.27. The number of halogens is 1. The summed E-state index contributed by atoms with van der Waals surface area (Å²) in [5.41, 5.74) is 1.06. The van der Waals surface area contributed by atoms with Crippen LogP contribution in [0.1, 0.15) is 32.8 Å². The monoisotopic (exact) mass is 520 g/mol. The molecule has 0 radical (unpaired) electrons. The zero-order valence-electron chi connectivity index (χ0n) is 18.2. The number of likely N-dealkylation sites (N-methyl/N-ethyl adjacent to an activating group) is 1. The van der Waals surface area contributed by atoms with Gasteiger partial charge in [-0.05, 0) is 44.1 Å². The van der Waals surface area contributed by atoms with Crippen LogP contribution >= 0.6 is 24.0 Å². The van der Waals surface area contributed by atoms with Crippen molar-refractivity contribution in [3.63, 3.8) is 0 Å². The third-order valence-electron chi connectivity index (χ3n) is 5.11. The highest BCUT2D eigenvalue weighted by Gasteiger charge is 2.27. The topological polar surface area (TPSA) is 69.6 Å². The maximum absolute atomic E-state index is 8.93. The SMILES string of the molecule is CCNC(=NCc1ccc(OCCO)c(OC)c1)N1CCC(N(CC)CC)C1.I. The van der Waals surface area contributed by atoms with Gasteiger partial charge in [-0.15, -0.1) is 24.0 Å². The van der Waals surface area contributed by atoms with Crippen LogP contribution in [0.5, 0.6) is 11.5 Å². The highest BCUT2D eigenvalue weighted by molar-refractivity contribution is 14.0. The summed E-state index contributed by atoms with van der Waals surface area (Å²) >= 11 is 0. The molecule has 1 aliphatic rings. The molecule has 1 saturated heterocycles. The number of nitrogens with zero attached hydrogens (tertiary/aromatic N) is 3. The molecule has 1 fully saturated rings. The molecule has 1 aliphatic heterocycles. The second kappa shape index (κ2) is 13.9. The van der Waals surface area contributed by atoms with Gasteiger partial charge in [0.2, 0.25) is 0 Å². The zero-order valence-corrected chi connectivity index (χ0v) is 20.5. The van der Waals surface area contributed by atoms with Crippen molar-refractivity contribution in [3.05, 3.63) is 23.8 Å². The first-order chi connectivity index (χ1) is 13.7. The van der Waals surface area contributed by atoms with Crippen molar-refractivity contribution in [2.24, 2.45) is 4.99 Å². The van der Waals surface area contributed by atoms with Crippen LogP contribution in [0.2, 0.25) is 0 Å². The first-order valence-electron chi connectivity index (χ1n) is 10.3. The molecule has 0 saturated carbocycles. The molecule has 0 spiro atoms. The fraction of sp³-hybridized carbons (Fsp3) is 0.667. The average Bonchev–Trinajstić information content (AvgIpc) is 3.20. The number of aliphatic hydroxyl groups excluding tert-OH is 1. The van der Waals surface area contributed by atoms with E-state index >= 15 is 0 Å². The summed E-state index contributed by atoms with van der Waals surface area (Å²) in [4.78, 5) is 9.75. The van der Waals surface area contributed by atoms with Gasteiger partial charge in [0.15, 0.2) is 17.5 Å². The van der Waals surface area contributed by atoms with Gasteiger partial charge in [0.1, 0.15) is 6.61 Å². The number of hydrogen-bond acceptors (Lipinski definition) is 5. The number of hydrogen-bond donors (Lipinski definition) is 2. The van der Waals surface area contributed by atoms with E-state index in [-0.39, 0.29) is 37.2 Å². The van der Waals surface area contributed by atoms with E-state index in [1.807, 2.05) is 18.2 Å². The normalized spacial score (nSPS) is 16.7. The third kappa shape index (κ3) is 7.49. The van der Waals surface area contributed by atoms with Crippen LogP contribution in [0.15, 0.2) is 23.2 Å². The lowest BCUT2D eigenvalue weighted by molar-refractivity contribution is 0.196. The zero-order chi connectivity index (χ0) is 20.4. The van der Waals surface area contributed by atoms with E-state index in [0.29, 0.717) is 24.1 Å². The lowest BCUT2D eigenvalue weighted by Crippen LogP contribution is -2.43. The first-order valence-corrected chi connectivity index (χ1v) is 10.3. The summed E-state index contributed by atoms with van der Waals surface area (Å²) in [5.74, 6) is 2.27. The summed E-state index contributed by atoms with van der Waals surface area (Å²) in [6, 6.07) is 6.41. The van der Waals surface area contributed by atoms with Gasteiger partial charge in [-0.2, -0.15) is 0 Å². The summed E-state index contributed by atoms with van der Waals surface area (Å²) in [7, 11) is 1.62. The van der Waals surface area contributed by atoms with Crippen LogP contribution in [0.4, 0.5) is 0 Å². The van der Waals surface area contributed by atoms with Crippen molar-refractivity contribution in [2.75, 3.05) is 53.0 Å². The highest BCUT2D eigenvalue weighted by atomic mass is 127. The fourth-order valence-corrected chi connectivity index (χ4v) is 3.65. The van der Waals surface area contributed by atoms with Crippen molar-refractivity contribution in [1.82, 2.24) is 15.1 Å². The number of nitrogens with one attached hydrogen (secondary N) is 1. The molecule has 0 aliphatic carbocycles. The Morgan fingerprint density at radius 2 is 2.03 bits per heavy atom. The Morgan fingerprint density at radius 3 is 2.66 bits per heavy atom. The second-order valence-corrected chi connectivity index (χ2v) is 6.84. The minimum Gasteiger partial charge on any atom is -0.493 e. The predicted octanol–water partition coefficient (Wildman–Crippen LogP) is 2.57. The Labute approximate surface area is 192 Å². The van der Waals surface area contributed by atoms with E-state index in [4.69, 9.17) is 19.6 Å². The maximum Gasteiger partial charge on any atom is 0.194 e. The van der Waals surface area contributed by atoms with Gasteiger partial charge >= 0.3 is 0 Å². The van der Waals surface area contributed by atoms with E-state index in [0.717, 1.165) is 44.2 Å². The number of methoxy groups -OCH3 is 1. The molecule has 166 valence electrons. The lowest BCUT2D eigenvalue weighted by atomic mass is 10.2. The number of aliphatic hydroxyl groups is 1. The van der Waals surface area contributed by atoms with Crippen LogP contribution < -0.4 is 14.8 Å². The third-order valence-corrected chi connectivity index (χ3v) is 5.11. The molecule has 0 amide bonds. The summed E-state index contributed by atoms with van der Waals surface area (Å²) in [6.07, 6.45) is 1.18.